The van der Waals surface area contributed by atoms with Crippen LogP contribution in [-0.2, 0) is 14.9 Å². The molecule has 0 fully saturated rings. The van der Waals surface area contributed by atoms with Crippen LogP contribution in [0.1, 0.15) is 11.1 Å². The van der Waals surface area contributed by atoms with Crippen LogP contribution < -0.4 is 0 Å². The second-order valence-electron chi connectivity index (χ2n) is 2.64. The molecular formula is C8H4BrCl2NO2S. The summed E-state index contributed by atoms with van der Waals surface area (Å²) in [5.41, 5.74) is 0.711. The molecule has 0 bridgehead atoms. The van der Waals surface area contributed by atoms with Crippen LogP contribution in [-0.4, -0.2) is 8.42 Å². The van der Waals surface area contributed by atoms with Gasteiger partial charge in [-0.2, -0.15) is 5.26 Å². The van der Waals surface area contributed by atoms with Crippen molar-refractivity contribution in [3.05, 3.63) is 27.7 Å². The molecule has 1 aromatic carbocycles. The van der Waals surface area contributed by atoms with Crippen LogP contribution in [0.5, 0.6) is 0 Å². The van der Waals surface area contributed by atoms with Gasteiger partial charge in [-0.1, -0.05) is 0 Å². The third-order valence-electron chi connectivity index (χ3n) is 1.64. The van der Waals surface area contributed by atoms with Gasteiger partial charge in [0.25, 0.3) is 9.05 Å². The van der Waals surface area contributed by atoms with E-state index in [2.05, 4.69) is 15.9 Å². The summed E-state index contributed by atoms with van der Waals surface area (Å²) in [7, 11) is 1.33. The highest BCUT2D eigenvalue weighted by Gasteiger charge is 2.18. The summed E-state index contributed by atoms with van der Waals surface area (Å²) in [6.07, 6.45) is 0. The van der Waals surface area contributed by atoms with Crippen molar-refractivity contribution in [2.75, 3.05) is 0 Å². The molecule has 0 unspecified atom stereocenters. The summed E-state index contributed by atoms with van der Waals surface area (Å²) < 4.78 is 22.5. The smallest absolute Gasteiger partial charge is 0.207 e. The van der Waals surface area contributed by atoms with E-state index >= 15 is 0 Å². The monoisotopic (exact) mass is 327 g/mol. The van der Waals surface area contributed by atoms with Gasteiger partial charge in [-0.15, -0.1) is 11.6 Å². The molecule has 0 saturated heterocycles. The van der Waals surface area contributed by atoms with Crippen molar-refractivity contribution < 1.29 is 8.42 Å². The van der Waals surface area contributed by atoms with Crippen LogP contribution in [0.3, 0.4) is 0 Å². The summed E-state index contributed by atoms with van der Waals surface area (Å²) in [5, 5.41) is 8.77. The SMILES string of the molecule is N#Cc1cc(CCl)cc(S(=O)(=O)Cl)c1Br. The summed E-state index contributed by atoms with van der Waals surface area (Å²) in [4.78, 5) is -0.140. The van der Waals surface area contributed by atoms with E-state index in [9.17, 15) is 8.42 Å². The molecule has 0 heterocycles. The first-order valence-electron chi connectivity index (χ1n) is 3.63. The normalized spacial score (nSPS) is 11.1. The molecule has 0 radical (unpaired) electrons. The Balaban J connectivity index is 3.61. The van der Waals surface area contributed by atoms with Gasteiger partial charge in [0.15, 0.2) is 0 Å². The molecule has 0 N–H and O–H groups in total. The number of alkyl halides is 1. The van der Waals surface area contributed by atoms with Gasteiger partial charge >= 0.3 is 0 Å². The third kappa shape index (κ3) is 2.85. The molecule has 0 aliphatic rings. The number of nitriles is 1. The lowest BCUT2D eigenvalue weighted by Gasteiger charge is -2.04. The molecule has 15 heavy (non-hydrogen) atoms. The molecule has 0 atom stereocenters. The fourth-order valence-corrected chi connectivity index (χ4v) is 3.36. The van der Waals surface area contributed by atoms with Crippen LogP contribution in [0.15, 0.2) is 21.5 Å². The predicted octanol–water partition coefficient (Wildman–Crippen LogP) is 2.99. The third-order valence-corrected chi connectivity index (χ3v) is 4.41. The molecule has 3 nitrogen and oxygen atoms in total. The second-order valence-corrected chi connectivity index (χ2v) is 6.23. The first kappa shape index (κ1) is 12.8. The molecule has 0 saturated carbocycles. The Hall–Kier alpha value is -0.280. The lowest BCUT2D eigenvalue weighted by molar-refractivity contribution is 0.609. The van der Waals surface area contributed by atoms with Gasteiger partial charge in [-0.05, 0) is 33.6 Å². The van der Waals surface area contributed by atoms with Gasteiger partial charge in [-0.3, -0.25) is 0 Å². The molecular weight excluding hydrogens is 325 g/mol. The zero-order valence-electron chi connectivity index (χ0n) is 7.17. The van der Waals surface area contributed by atoms with E-state index < -0.39 is 9.05 Å². The Kier molecular flexibility index (Phi) is 4.01. The number of benzene rings is 1. The van der Waals surface area contributed by atoms with Gasteiger partial charge < -0.3 is 0 Å². The summed E-state index contributed by atoms with van der Waals surface area (Å²) in [6.45, 7) is 0. The van der Waals surface area contributed by atoms with E-state index in [1.54, 1.807) is 0 Å². The molecule has 1 rings (SSSR count). The second kappa shape index (κ2) is 4.71. The summed E-state index contributed by atoms with van der Waals surface area (Å²) in [5.74, 6) is 0.112. The maximum absolute atomic E-state index is 11.2. The molecule has 1 aromatic rings. The van der Waals surface area contributed by atoms with Gasteiger partial charge in [0.1, 0.15) is 6.07 Å². The Labute approximate surface area is 105 Å². The standard InChI is InChI=1S/C8H4BrCl2NO2S/c9-8-6(4-12)1-5(3-10)2-7(8)15(11,13)14/h1-2H,3H2. The van der Waals surface area contributed by atoms with Crippen molar-refractivity contribution in [3.8, 4) is 6.07 Å². The maximum Gasteiger partial charge on any atom is 0.262 e. The van der Waals surface area contributed by atoms with Gasteiger partial charge in [-0.25, -0.2) is 8.42 Å². The Bertz CT molecular complexity index is 536. The zero-order valence-corrected chi connectivity index (χ0v) is 11.1. The molecule has 7 heteroatoms. The van der Waals surface area contributed by atoms with Crippen LogP contribution in [0.25, 0.3) is 0 Å². The van der Waals surface area contributed by atoms with E-state index in [1.165, 1.54) is 12.1 Å². The molecule has 80 valence electrons. The molecule has 0 aliphatic heterocycles. The van der Waals surface area contributed by atoms with E-state index in [4.69, 9.17) is 27.5 Å². The Morgan fingerprint density at radius 1 is 1.47 bits per heavy atom. The lowest BCUT2D eigenvalue weighted by atomic mass is 10.1. The molecule has 0 spiro atoms. The highest BCUT2D eigenvalue weighted by molar-refractivity contribution is 9.10. The Morgan fingerprint density at radius 3 is 2.47 bits per heavy atom. The average molecular weight is 329 g/mol. The highest BCUT2D eigenvalue weighted by Crippen LogP contribution is 2.30. The molecule has 0 aliphatic carbocycles. The van der Waals surface area contributed by atoms with E-state index in [0.29, 0.717) is 5.56 Å². The quantitative estimate of drug-likeness (QED) is 0.619. The van der Waals surface area contributed by atoms with Crippen molar-refractivity contribution in [3.63, 3.8) is 0 Å². The molecule has 0 aromatic heterocycles. The van der Waals surface area contributed by atoms with Crippen LogP contribution in [0, 0.1) is 11.3 Å². The lowest BCUT2D eigenvalue weighted by Crippen LogP contribution is -1.96. The minimum absolute atomic E-state index is 0.112. The van der Waals surface area contributed by atoms with E-state index in [1.807, 2.05) is 6.07 Å². The minimum Gasteiger partial charge on any atom is -0.207 e. The fraction of sp³-hybridized carbons (Fsp3) is 0.125. The first-order chi connectivity index (χ1) is 6.90. The van der Waals surface area contributed by atoms with Gasteiger partial charge in [0.2, 0.25) is 0 Å². The van der Waals surface area contributed by atoms with Crippen molar-refractivity contribution in [1.29, 1.82) is 5.26 Å². The number of nitrogens with zero attached hydrogens (tertiary/aromatic N) is 1. The largest absolute Gasteiger partial charge is 0.262 e. The average Bonchev–Trinajstić information content (AvgIpc) is 2.16. The highest BCUT2D eigenvalue weighted by atomic mass is 79.9. The van der Waals surface area contributed by atoms with Crippen LogP contribution in [0.4, 0.5) is 0 Å². The number of halogens is 3. The zero-order chi connectivity index (χ0) is 11.6. The maximum atomic E-state index is 11.2. The van der Waals surface area contributed by atoms with Crippen molar-refractivity contribution >= 4 is 47.3 Å². The minimum atomic E-state index is -3.88. The summed E-state index contributed by atoms with van der Waals surface area (Å²) in [6, 6.07) is 4.69. The number of hydrogen-bond acceptors (Lipinski definition) is 3. The number of hydrogen-bond donors (Lipinski definition) is 0. The van der Waals surface area contributed by atoms with E-state index in [0.717, 1.165) is 0 Å². The van der Waals surface area contributed by atoms with Gasteiger partial charge in [0, 0.05) is 16.6 Å². The molecule has 0 amide bonds. The van der Waals surface area contributed by atoms with Crippen molar-refractivity contribution in [2.24, 2.45) is 0 Å². The topological polar surface area (TPSA) is 57.9 Å². The first-order valence-corrected chi connectivity index (χ1v) is 7.27. The van der Waals surface area contributed by atoms with Crippen molar-refractivity contribution in [1.82, 2.24) is 0 Å². The summed E-state index contributed by atoms with van der Waals surface area (Å²) >= 11 is 8.58. The Morgan fingerprint density at radius 2 is 2.07 bits per heavy atom. The van der Waals surface area contributed by atoms with Crippen LogP contribution >= 0.6 is 38.2 Å². The predicted molar refractivity (Wildman–Crippen MR) is 61.5 cm³/mol. The fourth-order valence-electron chi connectivity index (χ4n) is 0.991. The number of rotatable bonds is 2. The van der Waals surface area contributed by atoms with E-state index in [-0.39, 0.29) is 20.8 Å². The van der Waals surface area contributed by atoms with Gasteiger partial charge in [0.05, 0.1) is 14.9 Å². The van der Waals surface area contributed by atoms with Crippen LogP contribution in [0.2, 0.25) is 0 Å². The van der Waals surface area contributed by atoms with Crippen molar-refractivity contribution in [2.45, 2.75) is 10.8 Å².